The second-order valence-electron chi connectivity index (χ2n) is 2.93. The van der Waals surface area contributed by atoms with E-state index in [0.29, 0.717) is 11.4 Å². The average molecular weight is 224 g/mol. The fourth-order valence-electron chi connectivity index (χ4n) is 1.08. The van der Waals surface area contributed by atoms with Gasteiger partial charge in [0.05, 0.1) is 17.1 Å². The third kappa shape index (κ3) is 3.63. The van der Waals surface area contributed by atoms with Crippen LogP contribution in [0.3, 0.4) is 0 Å². The van der Waals surface area contributed by atoms with Crippen LogP contribution in [-0.4, -0.2) is 17.6 Å². The number of anilines is 2. The Kier molecular flexibility index (Phi) is 4.17. The third-order valence-electron chi connectivity index (χ3n) is 1.66. The topological polar surface area (TPSA) is 58.2 Å². The Balaban J connectivity index is 2.85. The second kappa shape index (κ2) is 5.41. The van der Waals surface area contributed by atoms with E-state index in [1.165, 1.54) is 6.92 Å². The van der Waals surface area contributed by atoms with Crippen molar-refractivity contribution < 1.29 is 9.59 Å². The molecule has 0 unspecified atom stereocenters. The van der Waals surface area contributed by atoms with Crippen LogP contribution in [-0.2, 0) is 9.59 Å². The molecule has 2 N–H and O–H groups in total. The molecule has 4 nitrogen and oxygen atoms in total. The highest BCUT2D eigenvalue weighted by Crippen LogP contribution is 2.20. The molecule has 15 heavy (non-hydrogen) atoms. The molecule has 0 fully saturated rings. The summed E-state index contributed by atoms with van der Waals surface area (Å²) < 4.78 is 0. The molecule has 0 aliphatic carbocycles. The zero-order valence-corrected chi connectivity index (χ0v) is 9.17. The number of amides is 2. The number of carbonyl (C=O) groups excluding carboxylic acids is 2. The van der Waals surface area contributed by atoms with E-state index in [4.69, 9.17) is 0 Å². The molecule has 0 aliphatic heterocycles. The van der Waals surface area contributed by atoms with Crippen LogP contribution in [0.4, 0.5) is 11.4 Å². The minimum Gasteiger partial charge on any atom is -0.325 e. The fraction of sp³-hybridized carbons (Fsp3) is 0.200. The van der Waals surface area contributed by atoms with Gasteiger partial charge in [-0.3, -0.25) is 9.59 Å². The van der Waals surface area contributed by atoms with Crippen molar-refractivity contribution in [1.29, 1.82) is 0 Å². The van der Waals surface area contributed by atoms with E-state index < -0.39 is 0 Å². The highest BCUT2D eigenvalue weighted by Gasteiger charge is 2.05. The van der Waals surface area contributed by atoms with Gasteiger partial charge in [0.1, 0.15) is 0 Å². The zero-order valence-electron chi connectivity index (χ0n) is 8.28. The van der Waals surface area contributed by atoms with E-state index in [1.54, 1.807) is 24.3 Å². The van der Waals surface area contributed by atoms with Gasteiger partial charge >= 0.3 is 0 Å². The van der Waals surface area contributed by atoms with Crippen molar-refractivity contribution in [1.82, 2.24) is 0 Å². The van der Waals surface area contributed by atoms with Crippen LogP contribution in [0.25, 0.3) is 0 Å². The van der Waals surface area contributed by atoms with Crippen LogP contribution in [0.2, 0.25) is 0 Å². The number of thiol groups is 1. The van der Waals surface area contributed by atoms with Crippen molar-refractivity contribution in [2.75, 3.05) is 16.4 Å². The average Bonchev–Trinajstić information content (AvgIpc) is 2.20. The molecule has 0 spiro atoms. The van der Waals surface area contributed by atoms with Gasteiger partial charge in [-0.05, 0) is 12.1 Å². The predicted molar refractivity (Wildman–Crippen MR) is 63.2 cm³/mol. The van der Waals surface area contributed by atoms with Crippen LogP contribution in [0.5, 0.6) is 0 Å². The Morgan fingerprint density at radius 3 is 2.20 bits per heavy atom. The Bertz CT molecular complexity index is 379. The molecule has 0 heterocycles. The van der Waals surface area contributed by atoms with Gasteiger partial charge in [-0.2, -0.15) is 12.6 Å². The molecule has 0 atom stereocenters. The van der Waals surface area contributed by atoms with Crippen molar-refractivity contribution >= 4 is 35.8 Å². The summed E-state index contributed by atoms with van der Waals surface area (Å²) in [4.78, 5) is 22.0. The highest BCUT2D eigenvalue weighted by atomic mass is 32.1. The van der Waals surface area contributed by atoms with Gasteiger partial charge in [0.15, 0.2) is 0 Å². The fourth-order valence-corrected chi connectivity index (χ4v) is 1.16. The summed E-state index contributed by atoms with van der Waals surface area (Å²) in [5, 5.41) is 5.26. The van der Waals surface area contributed by atoms with E-state index >= 15 is 0 Å². The number of para-hydroxylation sites is 2. The number of benzene rings is 1. The van der Waals surface area contributed by atoms with Gasteiger partial charge in [0.25, 0.3) is 0 Å². The number of carbonyl (C=O) groups is 2. The quantitative estimate of drug-likeness (QED) is 0.682. The molecule has 1 rings (SSSR count). The van der Waals surface area contributed by atoms with E-state index in [9.17, 15) is 9.59 Å². The van der Waals surface area contributed by atoms with Crippen LogP contribution in [0.1, 0.15) is 6.92 Å². The molecule has 5 heteroatoms. The number of nitrogens with one attached hydrogen (secondary N) is 2. The summed E-state index contributed by atoms with van der Waals surface area (Å²) in [5.74, 6) is -0.285. The summed E-state index contributed by atoms with van der Waals surface area (Å²) in [6, 6.07) is 6.99. The lowest BCUT2D eigenvalue weighted by Gasteiger charge is -2.09. The molecule has 0 radical (unpaired) electrons. The van der Waals surface area contributed by atoms with Crippen LogP contribution < -0.4 is 10.6 Å². The van der Waals surface area contributed by atoms with Crippen LogP contribution in [0, 0.1) is 0 Å². The van der Waals surface area contributed by atoms with Gasteiger partial charge in [0, 0.05) is 6.92 Å². The Morgan fingerprint density at radius 2 is 1.73 bits per heavy atom. The maximum Gasteiger partial charge on any atom is 0.234 e. The lowest BCUT2D eigenvalue weighted by molar-refractivity contribution is -0.115. The molecule has 1 aromatic rings. The molecule has 0 aromatic heterocycles. The molecule has 0 saturated carbocycles. The smallest absolute Gasteiger partial charge is 0.234 e. The lowest BCUT2D eigenvalue weighted by atomic mass is 10.2. The van der Waals surface area contributed by atoms with Crippen molar-refractivity contribution in [2.24, 2.45) is 0 Å². The molecule has 0 aliphatic rings. The van der Waals surface area contributed by atoms with E-state index in [1.807, 2.05) is 0 Å². The van der Waals surface area contributed by atoms with Gasteiger partial charge in [-0.15, -0.1) is 0 Å². The largest absolute Gasteiger partial charge is 0.325 e. The minimum atomic E-state index is -0.212. The summed E-state index contributed by atoms with van der Waals surface area (Å²) >= 11 is 3.85. The molecule has 0 bridgehead atoms. The van der Waals surface area contributed by atoms with Crippen LogP contribution >= 0.6 is 12.6 Å². The maximum atomic E-state index is 11.1. The molecular weight excluding hydrogens is 212 g/mol. The monoisotopic (exact) mass is 224 g/mol. The first-order valence-electron chi connectivity index (χ1n) is 4.41. The zero-order chi connectivity index (χ0) is 11.3. The number of hydrogen-bond donors (Lipinski definition) is 3. The summed E-state index contributed by atoms with van der Waals surface area (Å²) in [6.07, 6.45) is 0. The molecule has 80 valence electrons. The van der Waals surface area contributed by atoms with Gasteiger partial charge in [0.2, 0.25) is 11.8 Å². The first-order valence-corrected chi connectivity index (χ1v) is 5.04. The maximum absolute atomic E-state index is 11.1. The first kappa shape index (κ1) is 11.6. The van der Waals surface area contributed by atoms with E-state index in [-0.39, 0.29) is 17.6 Å². The molecule has 1 aromatic carbocycles. The van der Waals surface area contributed by atoms with E-state index in [2.05, 4.69) is 23.3 Å². The van der Waals surface area contributed by atoms with Crippen molar-refractivity contribution in [3.05, 3.63) is 24.3 Å². The van der Waals surface area contributed by atoms with Gasteiger partial charge < -0.3 is 10.6 Å². The van der Waals surface area contributed by atoms with Crippen molar-refractivity contribution in [2.45, 2.75) is 6.92 Å². The Hall–Kier alpha value is -1.49. The SMILES string of the molecule is CC(=O)Nc1ccccc1NC(=O)CS. The minimum absolute atomic E-state index is 0.106. The molecular formula is C10H12N2O2S. The summed E-state index contributed by atoms with van der Waals surface area (Å²) in [5.41, 5.74) is 1.16. The molecule has 2 amide bonds. The summed E-state index contributed by atoms with van der Waals surface area (Å²) in [7, 11) is 0. The standard InChI is InChI=1S/C10H12N2O2S/c1-7(13)11-8-4-2-3-5-9(8)12-10(14)6-15/h2-5,15H,6H2,1H3,(H,11,13)(H,12,14). The van der Waals surface area contributed by atoms with Crippen molar-refractivity contribution in [3.8, 4) is 0 Å². The predicted octanol–water partition coefficient (Wildman–Crippen LogP) is 1.51. The van der Waals surface area contributed by atoms with E-state index in [0.717, 1.165) is 0 Å². The normalized spacial score (nSPS) is 9.47. The lowest BCUT2D eigenvalue weighted by Crippen LogP contribution is -2.15. The first-order chi connectivity index (χ1) is 7.13. The van der Waals surface area contributed by atoms with Gasteiger partial charge in [-0.25, -0.2) is 0 Å². The number of rotatable bonds is 3. The Morgan fingerprint density at radius 1 is 1.20 bits per heavy atom. The molecule has 0 saturated heterocycles. The second-order valence-corrected chi connectivity index (χ2v) is 3.25. The Labute approximate surface area is 93.5 Å². The highest BCUT2D eigenvalue weighted by molar-refractivity contribution is 7.81. The number of hydrogen-bond acceptors (Lipinski definition) is 3. The summed E-state index contributed by atoms with van der Waals surface area (Å²) in [6.45, 7) is 1.41. The third-order valence-corrected chi connectivity index (χ3v) is 1.94. The van der Waals surface area contributed by atoms with Crippen molar-refractivity contribution in [3.63, 3.8) is 0 Å². The van der Waals surface area contributed by atoms with Crippen LogP contribution in [0.15, 0.2) is 24.3 Å². The van der Waals surface area contributed by atoms with Gasteiger partial charge in [-0.1, -0.05) is 12.1 Å².